The molecule has 0 spiro atoms. The van der Waals surface area contributed by atoms with E-state index in [1.54, 1.807) is 11.8 Å². The second-order valence-electron chi connectivity index (χ2n) is 10.2. The zero-order valence-electron chi connectivity index (χ0n) is 23.4. The van der Waals surface area contributed by atoms with Crippen LogP contribution in [0.4, 0.5) is 11.4 Å². The van der Waals surface area contributed by atoms with Gasteiger partial charge in [0.05, 0.1) is 24.5 Å². The van der Waals surface area contributed by atoms with Crippen molar-refractivity contribution in [2.24, 2.45) is 10.9 Å². The lowest BCUT2D eigenvalue weighted by atomic mass is 9.85. The van der Waals surface area contributed by atoms with Crippen LogP contribution in [-0.4, -0.2) is 53.6 Å². The second kappa shape index (κ2) is 15.8. The van der Waals surface area contributed by atoms with Crippen molar-refractivity contribution in [3.63, 3.8) is 0 Å². The van der Waals surface area contributed by atoms with E-state index in [-0.39, 0.29) is 24.8 Å². The second-order valence-corrected chi connectivity index (χ2v) is 10.2. The van der Waals surface area contributed by atoms with Crippen molar-refractivity contribution < 1.29 is 14.7 Å². The normalized spacial score (nSPS) is 16.2. The van der Waals surface area contributed by atoms with Gasteiger partial charge in [0.2, 0.25) is 0 Å². The molecule has 36 heavy (non-hydrogen) atoms. The van der Waals surface area contributed by atoms with Gasteiger partial charge in [0.25, 0.3) is 5.91 Å². The molecule has 6 nitrogen and oxygen atoms in total. The molecule has 2 saturated carbocycles. The number of carbonyl (C=O) groups is 2. The zero-order chi connectivity index (χ0) is 26.5. The summed E-state index contributed by atoms with van der Waals surface area (Å²) in [5, 5.41) is 12.6. The molecule has 2 N–H and O–H groups in total. The minimum absolute atomic E-state index is 0.0288. The van der Waals surface area contributed by atoms with Crippen molar-refractivity contribution >= 4 is 28.8 Å². The molecular weight excluding hydrogens is 450 g/mol. The summed E-state index contributed by atoms with van der Waals surface area (Å²) in [6.07, 6.45) is 11.1. The summed E-state index contributed by atoms with van der Waals surface area (Å²) in [5.41, 5.74) is 4.29. The average molecular weight is 500 g/mol. The van der Waals surface area contributed by atoms with Gasteiger partial charge in [0.15, 0.2) is 5.78 Å². The molecule has 202 valence electrons. The lowest BCUT2D eigenvalue weighted by Crippen LogP contribution is -2.39. The lowest BCUT2D eigenvalue weighted by Gasteiger charge is -2.23. The van der Waals surface area contributed by atoms with Gasteiger partial charge in [-0.15, -0.1) is 0 Å². The number of hydrogen-bond donors (Lipinski definition) is 2. The standard InChI is InChI=1S/C28H43N3O3.C2H6/c1-4-15-31(19-25(33)13-10-22-8-6-5-7-9-22)28(34)21(3)30-27-20(2)17-24(23-11-12-23)18-26(27)29-14-16-32;1-2/h17-18,22-23,29,32H,4-16,19H2,1-3H3;1-2H3. The fraction of sp³-hybridized carbons (Fsp3) is 0.700. The van der Waals surface area contributed by atoms with Gasteiger partial charge in [-0.2, -0.15) is 0 Å². The third-order valence-corrected chi connectivity index (χ3v) is 7.09. The van der Waals surface area contributed by atoms with E-state index in [1.165, 1.54) is 50.5 Å². The van der Waals surface area contributed by atoms with Gasteiger partial charge in [-0.05, 0) is 68.6 Å². The van der Waals surface area contributed by atoms with Crippen LogP contribution in [-0.2, 0) is 9.59 Å². The van der Waals surface area contributed by atoms with E-state index in [0.29, 0.717) is 37.1 Å². The average Bonchev–Trinajstić information content (AvgIpc) is 3.74. The van der Waals surface area contributed by atoms with Crippen molar-refractivity contribution in [1.29, 1.82) is 0 Å². The molecule has 6 heteroatoms. The predicted octanol–water partition coefficient (Wildman–Crippen LogP) is 6.56. The molecule has 0 aromatic heterocycles. The maximum absolute atomic E-state index is 13.3. The van der Waals surface area contributed by atoms with Gasteiger partial charge in [-0.3, -0.25) is 9.59 Å². The number of anilines is 1. The number of aryl methyl sites for hydroxylation is 1. The van der Waals surface area contributed by atoms with Crippen LogP contribution in [0.25, 0.3) is 0 Å². The summed E-state index contributed by atoms with van der Waals surface area (Å²) in [4.78, 5) is 32.4. The Hall–Kier alpha value is -2.21. The van der Waals surface area contributed by atoms with Crippen LogP contribution in [0.15, 0.2) is 17.1 Å². The predicted molar refractivity (Wildman–Crippen MR) is 151 cm³/mol. The highest BCUT2D eigenvalue weighted by molar-refractivity contribution is 6.38. The summed E-state index contributed by atoms with van der Waals surface area (Å²) in [7, 11) is 0. The summed E-state index contributed by atoms with van der Waals surface area (Å²) in [6, 6.07) is 4.27. The molecule has 0 aliphatic heterocycles. The summed E-state index contributed by atoms with van der Waals surface area (Å²) in [6.45, 7) is 11.0. The molecule has 0 bridgehead atoms. The maximum atomic E-state index is 13.3. The Morgan fingerprint density at radius 1 is 1.11 bits per heavy atom. The van der Waals surface area contributed by atoms with Gasteiger partial charge in [0, 0.05) is 19.5 Å². The first-order valence-corrected chi connectivity index (χ1v) is 14.3. The van der Waals surface area contributed by atoms with Crippen LogP contribution in [0.3, 0.4) is 0 Å². The minimum Gasteiger partial charge on any atom is -0.395 e. The first-order chi connectivity index (χ1) is 17.4. The summed E-state index contributed by atoms with van der Waals surface area (Å²) < 4.78 is 0. The maximum Gasteiger partial charge on any atom is 0.268 e. The molecule has 0 heterocycles. The largest absolute Gasteiger partial charge is 0.395 e. The molecule has 0 saturated heterocycles. The molecule has 3 rings (SSSR count). The lowest BCUT2D eigenvalue weighted by molar-refractivity contribution is -0.130. The van der Waals surface area contributed by atoms with Crippen molar-refractivity contribution in [1.82, 2.24) is 4.90 Å². The van der Waals surface area contributed by atoms with Crippen LogP contribution in [0, 0.1) is 12.8 Å². The summed E-state index contributed by atoms with van der Waals surface area (Å²) in [5.74, 6) is 1.25. The topological polar surface area (TPSA) is 82.0 Å². The first-order valence-electron chi connectivity index (χ1n) is 14.3. The Labute approximate surface area is 219 Å². The first kappa shape index (κ1) is 30.0. The number of aliphatic hydroxyl groups is 1. The Morgan fingerprint density at radius 2 is 1.81 bits per heavy atom. The van der Waals surface area contributed by atoms with E-state index >= 15 is 0 Å². The van der Waals surface area contributed by atoms with Crippen molar-refractivity contribution in [2.75, 3.05) is 31.6 Å². The molecule has 2 aliphatic carbocycles. The number of hydrogen-bond acceptors (Lipinski definition) is 5. The van der Waals surface area contributed by atoms with Gasteiger partial charge in [-0.1, -0.05) is 58.9 Å². The van der Waals surface area contributed by atoms with Crippen LogP contribution < -0.4 is 5.32 Å². The number of aliphatic hydroxyl groups excluding tert-OH is 1. The van der Waals surface area contributed by atoms with Gasteiger partial charge >= 0.3 is 0 Å². The molecule has 2 fully saturated rings. The number of aliphatic imine (C=N–C) groups is 1. The highest BCUT2D eigenvalue weighted by Crippen LogP contribution is 2.43. The number of nitrogens with one attached hydrogen (secondary N) is 1. The third kappa shape index (κ3) is 9.34. The van der Waals surface area contributed by atoms with Crippen LogP contribution >= 0.6 is 0 Å². The number of amides is 1. The molecule has 1 aromatic carbocycles. The number of carbonyl (C=O) groups excluding carboxylic acids is 2. The fourth-order valence-electron chi connectivity index (χ4n) is 5.03. The molecule has 0 radical (unpaired) electrons. The van der Waals surface area contributed by atoms with Gasteiger partial charge < -0.3 is 15.3 Å². The van der Waals surface area contributed by atoms with Crippen LogP contribution in [0.2, 0.25) is 0 Å². The van der Waals surface area contributed by atoms with Crippen molar-refractivity contribution in [3.8, 4) is 0 Å². The highest BCUT2D eigenvalue weighted by Gasteiger charge is 2.26. The Kier molecular flexibility index (Phi) is 13.2. The number of benzene rings is 1. The molecule has 1 amide bonds. The Morgan fingerprint density at radius 3 is 2.42 bits per heavy atom. The molecule has 1 aromatic rings. The molecule has 2 aliphatic rings. The number of nitrogens with zero attached hydrogens (tertiary/aromatic N) is 2. The molecule has 0 unspecified atom stereocenters. The van der Waals surface area contributed by atoms with E-state index in [0.717, 1.165) is 29.8 Å². The third-order valence-electron chi connectivity index (χ3n) is 7.09. The highest BCUT2D eigenvalue weighted by atomic mass is 16.3. The van der Waals surface area contributed by atoms with Crippen molar-refractivity contribution in [2.45, 2.75) is 105 Å². The van der Waals surface area contributed by atoms with E-state index in [4.69, 9.17) is 4.99 Å². The fourth-order valence-corrected chi connectivity index (χ4v) is 5.03. The number of rotatable bonds is 13. The van der Waals surface area contributed by atoms with E-state index in [2.05, 4.69) is 17.4 Å². The van der Waals surface area contributed by atoms with E-state index < -0.39 is 0 Å². The van der Waals surface area contributed by atoms with Crippen molar-refractivity contribution in [3.05, 3.63) is 23.3 Å². The van der Waals surface area contributed by atoms with Crippen LogP contribution in [0.5, 0.6) is 0 Å². The van der Waals surface area contributed by atoms with E-state index in [9.17, 15) is 14.7 Å². The van der Waals surface area contributed by atoms with E-state index in [1.807, 2.05) is 27.7 Å². The monoisotopic (exact) mass is 499 g/mol. The molecule has 0 atom stereocenters. The Balaban J connectivity index is 0.00000222. The smallest absolute Gasteiger partial charge is 0.268 e. The Bertz CT molecular complexity index is 870. The zero-order valence-corrected chi connectivity index (χ0v) is 23.4. The minimum atomic E-state index is -0.174. The van der Waals surface area contributed by atoms with Gasteiger partial charge in [0.1, 0.15) is 5.71 Å². The number of ketones is 1. The summed E-state index contributed by atoms with van der Waals surface area (Å²) >= 11 is 0. The van der Waals surface area contributed by atoms with Gasteiger partial charge in [-0.25, -0.2) is 4.99 Å². The van der Waals surface area contributed by atoms with Crippen LogP contribution in [0.1, 0.15) is 109 Å². The number of Topliss-reactive ketones (excluding diaryl/α,β-unsaturated/α-hetero) is 1. The SMILES string of the molecule is CC.CCCN(CC(=O)CCC1CCCCC1)C(=O)C(C)=Nc1c(C)cc(C2CC2)cc1NCCO. The molecular formula is C30H49N3O3. The quantitative estimate of drug-likeness (QED) is 0.301.